The van der Waals surface area contributed by atoms with Crippen LogP contribution in [-0.2, 0) is 16.8 Å². The van der Waals surface area contributed by atoms with E-state index in [2.05, 4.69) is 63.5 Å². The van der Waals surface area contributed by atoms with Crippen molar-refractivity contribution < 1.29 is 9.47 Å². The quantitative estimate of drug-likeness (QED) is 0.495. The van der Waals surface area contributed by atoms with Crippen LogP contribution in [0, 0.1) is 6.92 Å². The molecule has 5 rings (SSSR count). The Morgan fingerprint density at radius 3 is 2.23 bits per heavy atom. The summed E-state index contributed by atoms with van der Waals surface area (Å²) in [5.41, 5.74) is 4.49. The molecule has 3 heterocycles. The molecule has 2 aromatic heterocycles. The third-order valence-corrected chi connectivity index (χ3v) is 5.44. The van der Waals surface area contributed by atoms with Crippen LogP contribution in [0.4, 0.5) is 0 Å². The Morgan fingerprint density at radius 2 is 1.60 bits per heavy atom. The first-order valence-electron chi connectivity index (χ1n) is 9.78. The SMILES string of the molecule is Cc1ccc(C2(c3ccc(OCc4ccnc(-n5cnnc5)n4)cc3)COC2)cc1. The van der Waals surface area contributed by atoms with Gasteiger partial charge >= 0.3 is 0 Å². The summed E-state index contributed by atoms with van der Waals surface area (Å²) in [7, 11) is 0. The van der Waals surface area contributed by atoms with Crippen molar-refractivity contribution in [3.8, 4) is 11.7 Å². The molecule has 1 saturated heterocycles. The minimum absolute atomic E-state index is 0.0768. The van der Waals surface area contributed by atoms with Gasteiger partial charge in [-0.3, -0.25) is 4.57 Å². The summed E-state index contributed by atoms with van der Waals surface area (Å²) in [4.78, 5) is 8.72. The monoisotopic (exact) mass is 399 g/mol. The summed E-state index contributed by atoms with van der Waals surface area (Å²) in [6.45, 7) is 3.85. The van der Waals surface area contributed by atoms with E-state index < -0.39 is 0 Å². The van der Waals surface area contributed by atoms with Crippen LogP contribution in [-0.4, -0.2) is 37.9 Å². The Bertz CT molecular complexity index is 1120. The first-order chi connectivity index (χ1) is 14.7. The van der Waals surface area contributed by atoms with Gasteiger partial charge in [0.1, 0.15) is 25.0 Å². The number of ether oxygens (including phenoxy) is 2. The summed E-state index contributed by atoms with van der Waals surface area (Å²) in [5.74, 6) is 1.31. The van der Waals surface area contributed by atoms with Crippen molar-refractivity contribution >= 4 is 0 Å². The van der Waals surface area contributed by atoms with Gasteiger partial charge in [-0.2, -0.15) is 0 Å². The zero-order chi connectivity index (χ0) is 20.4. The smallest absolute Gasteiger partial charge is 0.236 e. The molecule has 0 radical (unpaired) electrons. The molecule has 0 saturated carbocycles. The maximum atomic E-state index is 5.94. The molecule has 0 amide bonds. The molecule has 0 unspecified atom stereocenters. The number of rotatable bonds is 6. The molecule has 0 atom stereocenters. The Kier molecular flexibility index (Phi) is 4.72. The van der Waals surface area contributed by atoms with Gasteiger partial charge in [-0.25, -0.2) is 9.97 Å². The minimum Gasteiger partial charge on any atom is -0.487 e. The minimum atomic E-state index is -0.0768. The summed E-state index contributed by atoms with van der Waals surface area (Å²) in [6, 6.07) is 18.8. The van der Waals surface area contributed by atoms with Crippen molar-refractivity contribution in [1.29, 1.82) is 0 Å². The second-order valence-corrected chi connectivity index (χ2v) is 7.47. The Balaban J connectivity index is 1.30. The number of aryl methyl sites for hydroxylation is 1. The molecule has 0 spiro atoms. The predicted octanol–water partition coefficient (Wildman–Crippen LogP) is 3.26. The van der Waals surface area contributed by atoms with Gasteiger partial charge in [-0.05, 0) is 36.2 Å². The highest BCUT2D eigenvalue weighted by Crippen LogP contribution is 2.39. The molecule has 1 aliphatic rings. The zero-order valence-corrected chi connectivity index (χ0v) is 16.6. The van der Waals surface area contributed by atoms with Crippen LogP contribution in [0.5, 0.6) is 5.75 Å². The van der Waals surface area contributed by atoms with Crippen molar-refractivity contribution in [3.05, 3.63) is 95.8 Å². The molecular formula is C23H21N5O2. The van der Waals surface area contributed by atoms with Gasteiger partial charge < -0.3 is 9.47 Å². The van der Waals surface area contributed by atoms with Crippen LogP contribution in [0.1, 0.15) is 22.4 Å². The topological polar surface area (TPSA) is 75.0 Å². The molecular weight excluding hydrogens is 378 g/mol. The van der Waals surface area contributed by atoms with Crippen LogP contribution in [0.15, 0.2) is 73.4 Å². The van der Waals surface area contributed by atoms with Crippen molar-refractivity contribution in [3.63, 3.8) is 0 Å². The molecule has 0 bridgehead atoms. The summed E-state index contributed by atoms with van der Waals surface area (Å²) in [6.07, 6.45) is 4.82. The summed E-state index contributed by atoms with van der Waals surface area (Å²) < 4.78 is 13.2. The molecule has 7 heteroatoms. The van der Waals surface area contributed by atoms with Crippen molar-refractivity contribution in [1.82, 2.24) is 24.7 Å². The fourth-order valence-corrected chi connectivity index (χ4v) is 3.60. The van der Waals surface area contributed by atoms with Gasteiger partial charge in [0.25, 0.3) is 0 Å². The van der Waals surface area contributed by atoms with Crippen LogP contribution < -0.4 is 4.74 Å². The van der Waals surface area contributed by atoms with Crippen LogP contribution >= 0.6 is 0 Å². The van der Waals surface area contributed by atoms with E-state index in [0.717, 1.165) is 11.4 Å². The lowest BCUT2D eigenvalue weighted by Gasteiger charge is -2.42. The van der Waals surface area contributed by atoms with Crippen molar-refractivity contribution in [2.45, 2.75) is 18.9 Å². The highest BCUT2D eigenvalue weighted by Gasteiger charge is 2.41. The lowest BCUT2D eigenvalue weighted by molar-refractivity contribution is -0.0380. The molecule has 7 nitrogen and oxygen atoms in total. The standard InChI is InChI=1S/C23H21N5O2/c1-17-2-4-18(5-3-17)23(13-29-14-23)19-6-8-21(9-7-19)30-12-20-10-11-24-22(27-20)28-15-25-26-16-28/h2-11,15-16H,12-14H2,1H3. The molecule has 1 fully saturated rings. The van der Waals surface area contributed by atoms with E-state index in [1.807, 2.05) is 18.2 Å². The second kappa shape index (κ2) is 7.68. The molecule has 0 aliphatic carbocycles. The van der Waals surface area contributed by atoms with E-state index in [9.17, 15) is 0 Å². The molecule has 30 heavy (non-hydrogen) atoms. The van der Waals surface area contributed by atoms with Gasteiger partial charge in [0, 0.05) is 6.20 Å². The molecule has 4 aromatic rings. The van der Waals surface area contributed by atoms with Gasteiger partial charge in [-0.15, -0.1) is 10.2 Å². The van der Waals surface area contributed by atoms with Crippen LogP contribution in [0.3, 0.4) is 0 Å². The Morgan fingerprint density at radius 1 is 0.933 bits per heavy atom. The number of benzene rings is 2. The Hall–Kier alpha value is -3.58. The highest BCUT2D eigenvalue weighted by atomic mass is 16.5. The maximum absolute atomic E-state index is 5.94. The molecule has 2 aromatic carbocycles. The van der Waals surface area contributed by atoms with E-state index >= 15 is 0 Å². The predicted molar refractivity (Wildman–Crippen MR) is 111 cm³/mol. The number of hydrogen-bond donors (Lipinski definition) is 0. The molecule has 150 valence electrons. The normalized spacial score (nSPS) is 14.8. The largest absolute Gasteiger partial charge is 0.487 e. The van der Waals surface area contributed by atoms with Gasteiger partial charge in [0.05, 0.1) is 24.3 Å². The third kappa shape index (κ3) is 3.44. The van der Waals surface area contributed by atoms with Crippen LogP contribution in [0.25, 0.3) is 5.95 Å². The lowest BCUT2D eigenvalue weighted by Crippen LogP contribution is -2.47. The number of nitrogens with zero attached hydrogens (tertiary/aromatic N) is 5. The zero-order valence-electron chi connectivity index (χ0n) is 16.6. The lowest BCUT2D eigenvalue weighted by atomic mass is 9.73. The van der Waals surface area contributed by atoms with E-state index in [1.165, 1.54) is 16.7 Å². The van der Waals surface area contributed by atoms with Gasteiger partial charge in [-0.1, -0.05) is 42.0 Å². The number of hydrogen-bond acceptors (Lipinski definition) is 6. The summed E-state index contributed by atoms with van der Waals surface area (Å²) in [5, 5.41) is 7.56. The van der Waals surface area contributed by atoms with E-state index in [0.29, 0.717) is 25.8 Å². The molecule has 1 aliphatic heterocycles. The fraction of sp³-hybridized carbons (Fsp3) is 0.217. The van der Waals surface area contributed by atoms with Gasteiger partial charge in [0.2, 0.25) is 5.95 Å². The number of aromatic nitrogens is 5. The average Bonchev–Trinajstić information content (AvgIpc) is 3.29. The third-order valence-electron chi connectivity index (χ3n) is 5.44. The summed E-state index contributed by atoms with van der Waals surface area (Å²) >= 11 is 0. The van der Waals surface area contributed by atoms with E-state index in [-0.39, 0.29) is 5.41 Å². The fourth-order valence-electron chi connectivity index (χ4n) is 3.60. The first-order valence-corrected chi connectivity index (χ1v) is 9.78. The van der Waals surface area contributed by atoms with Crippen LogP contribution in [0.2, 0.25) is 0 Å². The van der Waals surface area contributed by atoms with E-state index in [4.69, 9.17) is 9.47 Å². The first kappa shape index (κ1) is 18.4. The highest BCUT2D eigenvalue weighted by molar-refractivity contribution is 5.44. The van der Waals surface area contributed by atoms with Crippen molar-refractivity contribution in [2.75, 3.05) is 13.2 Å². The Labute approximate surface area is 174 Å². The van der Waals surface area contributed by atoms with E-state index in [1.54, 1.807) is 23.4 Å². The average molecular weight is 399 g/mol. The van der Waals surface area contributed by atoms with Crippen molar-refractivity contribution in [2.24, 2.45) is 0 Å². The maximum Gasteiger partial charge on any atom is 0.236 e. The van der Waals surface area contributed by atoms with Gasteiger partial charge in [0.15, 0.2) is 0 Å². The second-order valence-electron chi connectivity index (χ2n) is 7.47. The molecule has 0 N–H and O–H groups in total.